The zero-order valence-corrected chi connectivity index (χ0v) is 16.4. The van der Waals surface area contributed by atoms with Crippen molar-refractivity contribution in [3.8, 4) is 10.6 Å². The van der Waals surface area contributed by atoms with Crippen molar-refractivity contribution in [2.24, 2.45) is 5.73 Å². The molecule has 1 aliphatic rings. The normalized spacial score (nSPS) is 19.6. The Morgan fingerprint density at radius 3 is 2.88 bits per heavy atom. The fourth-order valence-corrected chi connectivity index (χ4v) is 4.24. The number of carbonyl (C=O) groups excluding carboxylic acids is 2. The van der Waals surface area contributed by atoms with Gasteiger partial charge in [0.05, 0.1) is 16.3 Å². The maximum atomic E-state index is 12.6. The summed E-state index contributed by atoms with van der Waals surface area (Å²) < 4.78 is 0. The fourth-order valence-electron chi connectivity index (χ4n) is 2.96. The Bertz CT molecular complexity index is 855. The molecule has 0 radical (unpaired) electrons. The fraction of sp³-hybridized carbons (Fsp3) is 0.438. The summed E-state index contributed by atoms with van der Waals surface area (Å²) in [6.07, 6.45) is 4.92. The van der Waals surface area contributed by atoms with Gasteiger partial charge in [0.2, 0.25) is 5.91 Å². The van der Waals surface area contributed by atoms with Crippen molar-refractivity contribution >= 4 is 40.2 Å². The van der Waals surface area contributed by atoms with Gasteiger partial charge in [-0.25, -0.2) is 19.7 Å². The average molecular weight is 393 g/mol. The van der Waals surface area contributed by atoms with Gasteiger partial charge in [-0.15, -0.1) is 0 Å². The number of amides is 3. The highest BCUT2D eigenvalue weighted by molar-refractivity contribution is 7.98. The van der Waals surface area contributed by atoms with Crippen LogP contribution in [-0.4, -0.2) is 50.1 Å². The van der Waals surface area contributed by atoms with Crippen molar-refractivity contribution < 1.29 is 9.59 Å². The first-order valence-corrected chi connectivity index (χ1v) is 10.1. The van der Waals surface area contributed by atoms with E-state index in [2.05, 4.69) is 20.3 Å². The largest absolute Gasteiger partial charge is 0.368 e. The Morgan fingerprint density at radius 1 is 1.42 bits per heavy atom. The summed E-state index contributed by atoms with van der Waals surface area (Å²) >= 11 is 2.80. The summed E-state index contributed by atoms with van der Waals surface area (Å²) in [6.45, 7) is 4.06. The zero-order chi connectivity index (χ0) is 18.9. The first-order chi connectivity index (χ1) is 12.3. The molecule has 1 atom stereocenters. The minimum absolute atomic E-state index is 0.364. The molecule has 1 fully saturated rings. The SMILES string of the molecule is CSc1nccc(-c2sc(NC(=O)N3CCCC3(C)C(N)=O)nc2C)n1. The number of hydrogen-bond acceptors (Lipinski definition) is 7. The number of hydrogen-bond donors (Lipinski definition) is 2. The number of primary amides is 1. The molecule has 3 N–H and O–H groups in total. The molecule has 0 spiro atoms. The standard InChI is InChI=1S/C16H20N6O2S2/c1-9-11(10-5-7-18-13(20-10)25-3)26-14(19-9)21-15(24)22-8-4-6-16(22,2)12(17)23/h5,7H,4,6,8H2,1-3H3,(H2,17,23)(H,19,21,24). The second kappa shape index (κ2) is 7.20. The molecular weight excluding hydrogens is 372 g/mol. The lowest BCUT2D eigenvalue weighted by molar-refractivity contribution is -0.126. The lowest BCUT2D eigenvalue weighted by atomic mass is 9.98. The van der Waals surface area contributed by atoms with Crippen molar-refractivity contribution in [2.75, 3.05) is 18.1 Å². The van der Waals surface area contributed by atoms with Crippen LogP contribution in [0.5, 0.6) is 0 Å². The molecule has 1 unspecified atom stereocenters. The van der Waals surface area contributed by atoms with Gasteiger partial charge >= 0.3 is 6.03 Å². The maximum absolute atomic E-state index is 12.6. The van der Waals surface area contributed by atoms with E-state index in [1.165, 1.54) is 28.0 Å². The van der Waals surface area contributed by atoms with Crippen LogP contribution in [-0.2, 0) is 4.79 Å². The third-order valence-electron chi connectivity index (χ3n) is 4.48. The number of nitrogens with one attached hydrogen (secondary N) is 1. The molecule has 0 aliphatic carbocycles. The van der Waals surface area contributed by atoms with E-state index < -0.39 is 11.4 Å². The summed E-state index contributed by atoms with van der Waals surface area (Å²) in [5.74, 6) is -0.494. The predicted molar refractivity (Wildman–Crippen MR) is 102 cm³/mol. The second-order valence-corrected chi connectivity index (χ2v) is 7.96. The molecular formula is C16H20N6O2S2. The van der Waals surface area contributed by atoms with Gasteiger partial charge in [-0.3, -0.25) is 10.1 Å². The number of urea groups is 1. The molecule has 10 heteroatoms. The Labute approximate surface area is 159 Å². The molecule has 1 aliphatic heterocycles. The summed E-state index contributed by atoms with van der Waals surface area (Å²) in [4.78, 5) is 39.8. The highest BCUT2D eigenvalue weighted by atomic mass is 32.2. The van der Waals surface area contributed by atoms with Gasteiger partial charge in [0.1, 0.15) is 5.54 Å². The third-order valence-corrected chi connectivity index (χ3v) is 6.13. The Kier molecular flexibility index (Phi) is 5.15. The van der Waals surface area contributed by atoms with Gasteiger partial charge in [0.15, 0.2) is 10.3 Å². The number of thiazole rings is 1. The summed E-state index contributed by atoms with van der Waals surface area (Å²) in [7, 11) is 0. The van der Waals surface area contributed by atoms with Crippen LogP contribution in [0.2, 0.25) is 0 Å². The van der Waals surface area contributed by atoms with Crippen LogP contribution in [0.25, 0.3) is 10.6 Å². The minimum atomic E-state index is -0.959. The van der Waals surface area contributed by atoms with Crippen LogP contribution in [0.15, 0.2) is 17.4 Å². The van der Waals surface area contributed by atoms with Crippen LogP contribution >= 0.6 is 23.1 Å². The lowest BCUT2D eigenvalue weighted by Crippen LogP contribution is -2.55. The van der Waals surface area contributed by atoms with Crippen molar-refractivity contribution in [2.45, 2.75) is 37.4 Å². The van der Waals surface area contributed by atoms with Crippen molar-refractivity contribution in [3.05, 3.63) is 18.0 Å². The van der Waals surface area contributed by atoms with Gasteiger partial charge in [-0.2, -0.15) is 0 Å². The van der Waals surface area contributed by atoms with E-state index in [4.69, 9.17) is 5.73 Å². The molecule has 1 saturated heterocycles. The number of aryl methyl sites for hydroxylation is 1. The minimum Gasteiger partial charge on any atom is -0.368 e. The van der Waals surface area contributed by atoms with Gasteiger partial charge in [-0.05, 0) is 39.0 Å². The number of aromatic nitrogens is 3. The van der Waals surface area contributed by atoms with Crippen molar-refractivity contribution in [1.29, 1.82) is 0 Å². The summed E-state index contributed by atoms with van der Waals surface area (Å²) in [5, 5.41) is 3.93. The maximum Gasteiger partial charge on any atom is 0.324 e. The number of anilines is 1. The van der Waals surface area contributed by atoms with Crippen LogP contribution in [0.1, 0.15) is 25.5 Å². The number of nitrogens with zero attached hydrogens (tertiary/aromatic N) is 4. The lowest BCUT2D eigenvalue weighted by Gasteiger charge is -2.31. The van der Waals surface area contributed by atoms with E-state index in [-0.39, 0.29) is 6.03 Å². The van der Waals surface area contributed by atoms with Crippen molar-refractivity contribution in [3.63, 3.8) is 0 Å². The molecule has 0 aromatic carbocycles. The molecule has 26 heavy (non-hydrogen) atoms. The van der Waals surface area contributed by atoms with Gasteiger partial charge in [0, 0.05) is 12.7 Å². The monoisotopic (exact) mass is 392 g/mol. The second-order valence-electron chi connectivity index (χ2n) is 6.19. The molecule has 0 saturated carbocycles. The van der Waals surface area contributed by atoms with E-state index in [9.17, 15) is 9.59 Å². The van der Waals surface area contributed by atoms with Gasteiger partial charge in [0.25, 0.3) is 0 Å². The Balaban J connectivity index is 1.81. The first kappa shape index (κ1) is 18.6. The van der Waals surface area contributed by atoms with Crippen LogP contribution < -0.4 is 11.1 Å². The predicted octanol–water partition coefficient (Wildman–Crippen LogP) is 2.50. The van der Waals surface area contributed by atoms with E-state index in [1.54, 1.807) is 13.1 Å². The number of rotatable bonds is 4. The average Bonchev–Trinajstić information content (AvgIpc) is 3.18. The zero-order valence-electron chi connectivity index (χ0n) is 14.8. The van der Waals surface area contributed by atoms with Gasteiger partial charge in [-0.1, -0.05) is 23.1 Å². The quantitative estimate of drug-likeness (QED) is 0.610. The highest BCUT2D eigenvalue weighted by Crippen LogP contribution is 2.34. The number of likely N-dealkylation sites (tertiary alicyclic amines) is 1. The Morgan fingerprint density at radius 2 is 2.19 bits per heavy atom. The van der Waals surface area contributed by atoms with E-state index in [0.717, 1.165) is 22.7 Å². The molecule has 3 heterocycles. The molecule has 0 bridgehead atoms. The molecule has 3 rings (SSSR count). The summed E-state index contributed by atoms with van der Waals surface area (Å²) in [5.41, 5.74) is 6.08. The number of carbonyl (C=O) groups is 2. The Hall–Kier alpha value is -2.20. The number of thioether (sulfide) groups is 1. The van der Waals surface area contributed by atoms with E-state index in [1.807, 2.05) is 19.2 Å². The summed E-state index contributed by atoms with van der Waals surface area (Å²) in [6, 6.07) is 1.45. The van der Waals surface area contributed by atoms with Crippen LogP contribution in [0, 0.1) is 6.92 Å². The van der Waals surface area contributed by atoms with Gasteiger partial charge < -0.3 is 10.6 Å². The molecule has 138 valence electrons. The van der Waals surface area contributed by atoms with Crippen LogP contribution in [0.3, 0.4) is 0 Å². The smallest absolute Gasteiger partial charge is 0.324 e. The van der Waals surface area contributed by atoms with Crippen molar-refractivity contribution in [1.82, 2.24) is 19.9 Å². The molecule has 8 nitrogen and oxygen atoms in total. The molecule has 2 aromatic rings. The molecule has 2 aromatic heterocycles. The van der Waals surface area contributed by atoms with Crippen LogP contribution in [0.4, 0.5) is 9.93 Å². The first-order valence-electron chi connectivity index (χ1n) is 8.08. The third kappa shape index (κ3) is 3.38. The van der Waals surface area contributed by atoms with E-state index in [0.29, 0.717) is 23.3 Å². The highest BCUT2D eigenvalue weighted by Gasteiger charge is 2.44. The van der Waals surface area contributed by atoms with E-state index >= 15 is 0 Å². The molecule has 3 amide bonds. The number of nitrogens with two attached hydrogens (primary N) is 1. The topological polar surface area (TPSA) is 114 Å².